The Morgan fingerprint density at radius 2 is 0.969 bits per heavy atom. The molecular weight excluding hydrogens is 473 g/mol. The maximum atomic E-state index is 5.71. The number of rotatable bonds is 13. The largest absolute Gasteiger partial charge is 0.493 e. The van der Waals surface area contributed by atoms with E-state index in [-0.39, 0.29) is 0 Å². The molecule has 0 aliphatic rings. The first-order valence-corrected chi connectivity index (χ1v) is 16.4. The molecule has 32 heavy (non-hydrogen) atoms. The molecule has 0 aliphatic carbocycles. The number of hydrogen-bond donors (Lipinski definition) is 0. The van der Waals surface area contributed by atoms with Crippen LogP contribution in [0, 0.1) is 11.8 Å². The van der Waals surface area contributed by atoms with Gasteiger partial charge in [-0.1, -0.05) is 73.5 Å². The zero-order chi connectivity index (χ0) is 23.7. The van der Waals surface area contributed by atoms with Crippen molar-refractivity contribution >= 4 is 51.0 Å². The van der Waals surface area contributed by atoms with Gasteiger partial charge in [-0.3, -0.25) is 0 Å². The summed E-state index contributed by atoms with van der Waals surface area (Å²) in [5.41, 5.74) is 0. The minimum atomic E-state index is -0.568. The van der Waals surface area contributed by atoms with E-state index in [4.69, 9.17) is 18.9 Å². The summed E-state index contributed by atoms with van der Waals surface area (Å²) in [6.45, 7) is 9.35. The highest BCUT2D eigenvalue weighted by Crippen LogP contribution is 2.37. The Morgan fingerprint density at radius 3 is 1.25 bits per heavy atom. The average molecular weight is 511 g/mol. The molecule has 0 N–H and O–H groups in total. The Kier molecular flexibility index (Phi) is 11.4. The van der Waals surface area contributed by atoms with Crippen LogP contribution in [0.25, 0.3) is 0 Å². The van der Waals surface area contributed by atoms with Gasteiger partial charge in [0.05, 0.1) is 47.5 Å². The SMILES string of the molecule is COc1cccc([SiH2]C(SSC([SiH2]c2cccc(OC)c2OC)C(C)C)C(C)C)c1OC. The van der Waals surface area contributed by atoms with Gasteiger partial charge < -0.3 is 18.9 Å². The Morgan fingerprint density at radius 1 is 0.594 bits per heavy atom. The highest BCUT2D eigenvalue weighted by atomic mass is 33.1. The minimum Gasteiger partial charge on any atom is -0.493 e. The summed E-state index contributed by atoms with van der Waals surface area (Å²) in [5.74, 6) is 4.69. The molecule has 2 rings (SSSR count). The van der Waals surface area contributed by atoms with Crippen LogP contribution in [0.2, 0.25) is 0 Å². The minimum absolute atomic E-state index is 0.568. The lowest BCUT2D eigenvalue weighted by Crippen LogP contribution is -2.33. The van der Waals surface area contributed by atoms with E-state index in [0.717, 1.165) is 23.0 Å². The van der Waals surface area contributed by atoms with Crippen LogP contribution >= 0.6 is 21.6 Å². The van der Waals surface area contributed by atoms with E-state index >= 15 is 0 Å². The molecule has 0 amide bonds. The van der Waals surface area contributed by atoms with Crippen LogP contribution in [0.4, 0.5) is 0 Å². The third-order valence-electron chi connectivity index (χ3n) is 5.60. The van der Waals surface area contributed by atoms with E-state index in [9.17, 15) is 0 Å². The second-order valence-electron chi connectivity index (χ2n) is 8.47. The van der Waals surface area contributed by atoms with Crippen LogP contribution < -0.4 is 29.3 Å². The maximum absolute atomic E-state index is 5.71. The summed E-state index contributed by atoms with van der Waals surface area (Å²) in [6.07, 6.45) is 0. The van der Waals surface area contributed by atoms with Crippen LogP contribution in [0.5, 0.6) is 23.0 Å². The van der Waals surface area contributed by atoms with Crippen molar-refractivity contribution in [2.75, 3.05) is 28.4 Å². The van der Waals surface area contributed by atoms with E-state index in [1.54, 1.807) is 28.4 Å². The van der Waals surface area contributed by atoms with Gasteiger partial charge in [-0.25, -0.2) is 0 Å². The predicted octanol–water partition coefficient (Wildman–Crippen LogP) is 3.36. The van der Waals surface area contributed by atoms with Crippen molar-refractivity contribution in [2.24, 2.45) is 11.8 Å². The van der Waals surface area contributed by atoms with Gasteiger partial charge in [0.15, 0.2) is 23.0 Å². The summed E-state index contributed by atoms with van der Waals surface area (Å²) < 4.78 is 22.5. The van der Waals surface area contributed by atoms with Crippen molar-refractivity contribution in [1.82, 2.24) is 0 Å². The van der Waals surface area contributed by atoms with Crippen molar-refractivity contribution in [3.05, 3.63) is 36.4 Å². The number of hydrogen-bond acceptors (Lipinski definition) is 6. The van der Waals surface area contributed by atoms with Gasteiger partial charge in [-0.2, -0.15) is 0 Å². The summed E-state index contributed by atoms with van der Waals surface area (Å²) in [7, 11) is 9.92. The monoisotopic (exact) mass is 510 g/mol. The van der Waals surface area contributed by atoms with E-state index in [2.05, 4.69) is 73.5 Å². The molecule has 0 saturated heterocycles. The lowest BCUT2D eigenvalue weighted by atomic mass is 10.3. The third kappa shape index (κ3) is 7.14. The zero-order valence-electron chi connectivity index (χ0n) is 20.6. The summed E-state index contributed by atoms with van der Waals surface area (Å²) in [5, 5.41) is 2.68. The van der Waals surface area contributed by atoms with Crippen LogP contribution in [0.1, 0.15) is 27.7 Å². The molecule has 178 valence electrons. The maximum Gasteiger partial charge on any atom is 0.160 e. The summed E-state index contributed by atoms with van der Waals surface area (Å²) in [6, 6.07) is 12.5. The van der Waals surface area contributed by atoms with E-state index in [1.165, 1.54) is 10.4 Å². The Hall–Kier alpha value is -1.23. The molecule has 4 nitrogen and oxygen atoms in total. The first-order chi connectivity index (χ1) is 15.4. The third-order valence-corrected chi connectivity index (χ3v) is 17.2. The van der Waals surface area contributed by atoms with Gasteiger partial charge in [0.1, 0.15) is 0 Å². The molecular formula is C24H38O4S2Si2. The van der Waals surface area contributed by atoms with Crippen molar-refractivity contribution in [1.29, 1.82) is 0 Å². The number of para-hydroxylation sites is 2. The molecule has 0 radical (unpaired) electrons. The van der Waals surface area contributed by atoms with Crippen LogP contribution in [0.3, 0.4) is 0 Å². The topological polar surface area (TPSA) is 36.9 Å². The van der Waals surface area contributed by atoms with Crippen LogP contribution in [0.15, 0.2) is 36.4 Å². The molecule has 0 aliphatic heterocycles. The molecule has 2 aromatic rings. The average Bonchev–Trinajstić information content (AvgIpc) is 2.79. The molecule has 0 saturated carbocycles. The first-order valence-electron chi connectivity index (χ1n) is 11.1. The Labute approximate surface area is 206 Å². The van der Waals surface area contributed by atoms with Crippen molar-refractivity contribution in [3.63, 3.8) is 0 Å². The zero-order valence-corrected chi connectivity index (χ0v) is 25.1. The molecule has 2 aromatic carbocycles. The van der Waals surface area contributed by atoms with Crippen molar-refractivity contribution in [3.8, 4) is 23.0 Å². The molecule has 0 aromatic heterocycles. The lowest BCUT2D eigenvalue weighted by molar-refractivity contribution is 0.357. The molecule has 2 unspecified atom stereocenters. The second-order valence-corrected chi connectivity index (χ2v) is 16.5. The summed E-state index contributed by atoms with van der Waals surface area (Å²) >= 11 is 0. The fraction of sp³-hybridized carbons (Fsp3) is 0.500. The second kappa shape index (κ2) is 13.5. The molecule has 0 spiro atoms. The van der Waals surface area contributed by atoms with Gasteiger partial charge >= 0.3 is 0 Å². The van der Waals surface area contributed by atoms with E-state index in [0.29, 0.717) is 21.6 Å². The van der Waals surface area contributed by atoms with Gasteiger partial charge in [0.2, 0.25) is 0 Å². The number of methoxy groups -OCH3 is 4. The normalized spacial score (nSPS) is 13.9. The van der Waals surface area contributed by atoms with E-state index < -0.39 is 19.0 Å². The van der Waals surface area contributed by atoms with Gasteiger partial charge in [-0.15, -0.1) is 0 Å². The molecule has 2 atom stereocenters. The van der Waals surface area contributed by atoms with Gasteiger partial charge in [0, 0.05) is 9.75 Å². The summed E-state index contributed by atoms with van der Waals surface area (Å²) in [4.78, 5) is 1.23. The molecule has 0 heterocycles. The fourth-order valence-corrected chi connectivity index (χ4v) is 14.1. The quantitative estimate of drug-likeness (QED) is 0.304. The first kappa shape index (κ1) is 27.0. The van der Waals surface area contributed by atoms with Crippen LogP contribution in [-0.4, -0.2) is 57.2 Å². The predicted molar refractivity (Wildman–Crippen MR) is 148 cm³/mol. The van der Waals surface area contributed by atoms with Gasteiger partial charge in [0.25, 0.3) is 0 Å². The molecule has 8 heteroatoms. The highest BCUT2D eigenvalue weighted by Gasteiger charge is 2.25. The number of benzene rings is 2. The Balaban J connectivity index is 2.16. The lowest BCUT2D eigenvalue weighted by Gasteiger charge is -2.26. The standard InChI is InChI=1S/C24H38O4S2Si2/c1-15(2)23(31-19-13-9-11-17(25-5)21(19)27-7)29-30-24(16(3)4)32-20-14-10-12-18(26-6)22(20)28-8/h9-16,23-24H,31-32H2,1-8H3. The molecule has 0 fully saturated rings. The van der Waals surface area contributed by atoms with E-state index in [1.807, 2.05) is 12.1 Å². The smallest absolute Gasteiger partial charge is 0.160 e. The Bertz CT molecular complexity index is 779. The number of ether oxygens (including phenoxy) is 4. The van der Waals surface area contributed by atoms with Crippen molar-refractivity contribution < 1.29 is 18.9 Å². The molecule has 0 bridgehead atoms. The van der Waals surface area contributed by atoms with Crippen molar-refractivity contribution in [2.45, 2.75) is 37.4 Å². The highest BCUT2D eigenvalue weighted by molar-refractivity contribution is 8.77. The van der Waals surface area contributed by atoms with Crippen LogP contribution in [-0.2, 0) is 0 Å². The fourth-order valence-electron chi connectivity index (χ4n) is 3.57. The van der Waals surface area contributed by atoms with Gasteiger partial charge in [-0.05, 0) is 34.3 Å².